The zero-order chi connectivity index (χ0) is 11.9. The first-order valence-electron chi connectivity index (χ1n) is 6.74. The minimum atomic E-state index is 0.615. The molecule has 0 unspecified atom stereocenters. The van der Waals surface area contributed by atoms with Gasteiger partial charge in [0.2, 0.25) is 0 Å². The molecule has 1 fully saturated rings. The van der Waals surface area contributed by atoms with Gasteiger partial charge in [-0.3, -0.25) is 0 Å². The van der Waals surface area contributed by atoms with E-state index < -0.39 is 0 Å². The molecule has 3 heteroatoms. The van der Waals surface area contributed by atoms with Crippen LogP contribution in [0.15, 0.2) is 16.7 Å². The molecule has 0 aliphatic heterocycles. The summed E-state index contributed by atoms with van der Waals surface area (Å²) in [6.45, 7) is 5.46. The van der Waals surface area contributed by atoms with Crippen molar-refractivity contribution in [3.8, 4) is 0 Å². The molecule has 3 nitrogen and oxygen atoms in total. The fourth-order valence-electron chi connectivity index (χ4n) is 2.41. The topological polar surface area (TPSA) is 34.4 Å². The van der Waals surface area contributed by atoms with E-state index in [9.17, 15) is 0 Å². The van der Waals surface area contributed by atoms with E-state index in [2.05, 4.69) is 12.2 Å². The highest BCUT2D eigenvalue weighted by molar-refractivity contribution is 5.16. The second-order valence-electron chi connectivity index (χ2n) is 4.81. The Kier molecular flexibility index (Phi) is 5.08. The average molecular weight is 237 g/mol. The summed E-state index contributed by atoms with van der Waals surface area (Å²) in [7, 11) is 0. The van der Waals surface area contributed by atoms with Gasteiger partial charge in [0.15, 0.2) is 0 Å². The van der Waals surface area contributed by atoms with Crippen LogP contribution in [0.25, 0.3) is 0 Å². The van der Waals surface area contributed by atoms with E-state index in [0.29, 0.717) is 6.61 Å². The molecule has 0 saturated heterocycles. The molecule has 1 N–H and O–H groups in total. The molecular formula is C14H23NO2. The first kappa shape index (κ1) is 12.7. The van der Waals surface area contributed by atoms with E-state index >= 15 is 0 Å². The van der Waals surface area contributed by atoms with Gasteiger partial charge in [0.25, 0.3) is 0 Å². The molecule has 0 atom stereocenters. The van der Waals surface area contributed by atoms with Gasteiger partial charge in [0, 0.05) is 18.7 Å². The van der Waals surface area contributed by atoms with Crippen LogP contribution in [0.5, 0.6) is 0 Å². The maximum atomic E-state index is 5.76. The largest absolute Gasteiger partial charge is 0.467 e. The van der Waals surface area contributed by atoms with Crippen molar-refractivity contribution in [1.29, 1.82) is 0 Å². The van der Waals surface area contributed by atoms with Crippen molar-refractivity contribution in [2.75, 3.05) is 13.2 Å². The molecule has 1 aliphatic carbocycles. The predicted octanol–water partition coefficient (Wildman–Crippen LogP) is 3.10. The molecule has 1 aromatic heterocycles. The molecule has 0 bridgehead atoms. The van der Waals surface area contributed by atoms with Crippen molar-refractivity contribution >= 4 is 0 Å². The Hall–Kier alpha value is -0.800. The lowest BCUT2D eigenvalue weighted by Crippen LogP contribution is -2.13. The lowest BCUT2D eigenvalue weighted by molar-refractivity contribution is 0.0764. The molecule has 96 valence electrons. The first-order valence-corrected chi connectivity index (χ1v) is 6.74. The summed E-state index contributed by atoms with van der Waals surface area (Å²) in [6, 6.07) is 2.02. The van der Waals surface area contributed by atoms with Gasteiger partial charge in [-0.15, -0.1) is 0 Å². The molecule has 0 amide bonds. The Morgan fingerprint density at radius 1 is 1.41 bits per heavy atom. The second kappa shape index (κ2) is 6.82. The highest BCUT2D eigenvalue weighted by Crippen LogP contribution is 2.25. The van der Waals surface area contributed by atoms with Crippen LogP contribution in [0.1, 0.15) is 43.9 Å². The van der Waals surface area contributed by atoms with Crippen LogP contribution in [0, 0.1) is 5.92 Å². The van der Waals surface area contributed by atoms with Gasteiger partial charge >= 0.3 is 0 Å². The quantitative estimate of drug-likeness (QED) is 0.791. The Morgan fingerprint density at radius 3 is 3.00 bits per heavy atom. The van der Waals surface area contributed by atoms with Crippen LogP contribution in [0.2, 0.25) is 0 Å². The molecule has 1 aromatic rings. The molecule has 2 rings (SSSR count). The normalized spacial score (nSPS) is 16.8. The van der Waals surface area contributed by atoms with E-state index in [1.165, 1.54) is 31.2 Å². The summed E-state index contributed by atoms with van der Waals surface area (Å²) in [4.78, 5) is 0. The number of hydrogen-bond acceptors (Lipinski definition) is 3. The smallest absolute Gasteiger partial charge is 0.133 e. The zero-order valence-electron chi connectivity index (χ0n) is 10.7. The molecule has 17 heavy (non-hydrogen) atoms. The lowest BCUT2D eigenvalue weighted by Gasteiger charge is -2.09. The van der Waals surface area contributed by atoms with Gasteiger partial charge in [-0.2, -0.15) is 0 Å². The van der Waals surface area contributed by atoms with Gasteiger partial charge < -0.3 is 14.5 Å². The molecule has 0 spiro atoms. The average Bonchev–Trinajstić information content (AvgIpc) is 2.98. The maximum absolute atomic E-state index is 5.76. The summed E-state index contributed by atoms with van der Waals surface area (Å²) in [6.07, 6.45) is 7.17. The van der Waals surface area contributed by atoms with E-state index in [1.54, 1.807) is 6.26 Å². The number of nitrogens with one attached hydrogen (secondary N) is 1. The van der Waals surface area contributed by atoms with Crippen molar-refractivity contribution in [3.63, 3.8) is 0 Å². The summed E-state index contributed by atoms with van der Waals surface area (Å²) in [5, 5.41) is 3.31. The SMILES string of the molecule is CCNCc1ccoc1COCC1CCCC1. The predicted molar refractivity (Wildman–Crippen MR) is 67.7 cm³/mol. The highest BCUT2D eigenvalue weighted by atomic mass is 16.5. The van der Waals surface area contributed by atoms with Crippen LogP contribution in [-0.4, -0.2) is 13.2 Å². The summed E-state index contributed by atoms with van der Waals surface area (Å²) in [5.41, 5.74) is 1.22. The Balaban J connectivity index is 1.72. The summed E-state index contributed by atoms with van der Waals surface area (Å²) in [5.74, 6) is 1.76. The van der Waals surface area contributed by atoms with Crippen LogP contribution in [-0.2, 0) is 17.9 Å². The molecule has 1 heterocycles. The summed E-state index contributed by atoms with van der Waals surface area (Å²) >= 11 is 0. The first-order chi connectivity index (χ1) is 8.40. The third-order valence-electron chi connectivity index (χ3n) is 3.46. The minimum absolute atomic E-state index is 0.615. The van der Waals surface area contributed by atoms with Crippen molar-refractivity contribution in [2.24, 2.45) is 5.92 Å². The van der Waals surface area contributed by atoms with Crippen molar-refractivity contribution in [3.05, 3.63) is 23.7 Å². The van der Waals surface area contributed by atoms with Gasteiger partial charge in [-0.25, -0.2) is 0 Å². The highest BCUT2D eigenvalue weighted by Gasteiger charge is 2.15. The van der Waals surface area contributed by atoms with E-state index in [-0.39, 0.29) is 0 Å². The van der Waals surface area contributed by atoms with E-state index in [4.69, 9.17) is 9.15 Å². The van der Waals surface area contributed by atoms with Crippen LogP contribution < -0.4 is 5.32 Å². The van der Waals surface area contributed by atoms with E-state index in [0.717, 1.165) is 31.4 Å². The molecule has 1 saturated carbocycles. The van der Waals surface area contributed by atoms with Crippen molar-refractivity contribution < 1.29 is 9.15 Å². The Morgan fingerprint density at radius 2 is 2.24 bits per heavy atom. The van der Waals surface area contributed by atoms with Gasteiger partial charge in [-0.1, -0.05) is 19.8 Å². The third kappa shape index (κ3) is 3.86. The van der Waals surface area contributed by atoms with Crippen molar-refractivity contribution in [1.82, 2.24) is 5.32 Å². The van der Waals surface area contributed by atoms with Gasteiger partial charge in [0.05, 0.1) is 6.26 Å². The monoisotopic (exact) mass is 237 g/mol. The molecule has 0 radical (unpaired) electrons. The number of ether oxygens (including phenoxy) is 1. The van der Waals surface area contributed by atoms with Gasteiger partial charge in [-0.05, 0) is 31.4 Å². The molecular weight excluding hydrogens is 214 g/mol. The fourth-order valence-corrected chi connectivity index (χ4v) is 2.41. The molecule has 0 aromatic carbocycles. The van der Waals surface area contributed by atoms with E-state index in [1.807, 2.05) is 6.07 Å². The molecule has 1 aliphatic rings. The fraction of sp³-hybridized carbons (Fsp3) is 0.714. The van der Waals surface area contributed by atoms with Crippen molar-refractivity contribution in [2.45, 2.75) is 45.8 Å². The van der Waals surface area contributed by atoms with Gasteiger partial charge in [0.1, 0.15) is 12.4 Å². The number of furan rings is 1. The lowest BCUT2D eigenvalue weighted by atomic mass is 10.1. The second-order valence-corrected chi connectivity index (χ2v) is 4.81. The van der Waals surface area contributed by atoms with Crippen LogP contribution in [0.3, 0.4) is 0 Å². The minimum Gasteiger partial charge on any atom is -0.467 e. The Labute approximate surface area is 104 Å². The number of hydrogen-bond donors (Lipinski definition) is 1. The maximum Gasteiger partial charge on any atom is 0.133 e. The Bertz CT molecular complexity index is 316. The van der Waals surface area contributed by atoms with Crippen LogP contribution >= 0.6 is 0 Å². The standard InChI is InChI=1S/C14H23NO2/c1-2-15-9-13-7-8-17-14(13)11-16-10-12-5-3-4-6-12/h7-8,12,15H,2-6,9-11H2,1H3. The third-order valence-corrected chi connectivity index (χ3v) is 3.46. The number of rotatable bonds is 7. The zero-order valence-corrected chi connectivity index (χ0v) is 10.7. The summed E-state index contributed by atoms with van der Waals surface area (Å²) < 4.78 is 11.2. The van der Waals surface area contributed by atoms with Crippen LogP contribution in [0.4, 0.5) is 0 Å².